The van der Waals surface area contributed by atoms with Crippen molar-refractivity contribution < 1.29 is 8.78 Å². The molecule has 0 amide bonds. The number of hydrogen-bond acceptors (Lipinski definition) is 2. The Hall–Kier alpha value is -0.0700. The second-order valence-corrected chi connectivity index (χ2v) is 7.38. The zero-order valence-electron chi connectivity index (χ0n) is 11.1. The second kappa shape index (κ2) is 7.27. The van der Waals surface area contributed by atoms with E-state index in [4.69, 9.17) is 0 Å². The molecule has 0 fully saturated rings. The molecular weight excluding hydrogens is 412 g/mol. The Morgan fingerprint density at radius 1 is 1.00 bits per heavy atom. The molecule has 0 N–H and O–H groups in total. The standard InChI is InChI=1S/C14H15Br2F2NS/c1-2-3-4-5-6-7-8-19-13-9(15)11(17)12(18)10(16)14(13)20-8/h2-7H2,1H3. The van der Waals surface area contributed by atoms with Gasteiger partial charge in [0, 0.05) is 0 Å². The zero-order chi connectivity index (χ0) is 14.7. The minimum absolute atomic E-state index is 0.113. The lowest BCUT2D eigenvalue weighted by Gasteiger charge is -2.00. The van der Waals surface area contributed by atoms with Gasteiger partial charge in [0.05, 0.1) is 18.7 Å². The molecule has 0 saturated heterocycles. The van der Waals surface area contributed by atoms with Crippen LogP contribution in [-0.4, -0.2) is 4.98 Å². The summed E-state index contributed by atoms with van der Waals surface area (Å²) in [7, 11) is 0. The first-order valence-corrected chi connectivity index (χ1v) is 9.07. The molecule has 0 aliphatic carbocycles. The van der Waals surface area contributed by atoms with Crippen LogP contribution < -0.4 is 0 Å². The van der Waals surface area contributed by atoms with E-state index in [1.165, 1.54) is 37.0 Å². The number of fused-ring (bicyclic) bond motifs is 1. The molecule has 0 unspecified atom stereocenters. The third-order valence-electron chi connectivity index (χ3n) is 3.15. The average molecular weight is 427 g/mol. The SMILES string of the molecule is CCCCCCCc1nc2c(Br)c(F)c(F)c(Br)c2s1. The highest BCUT2D eigenvalue weighted by Gasteiger charge is 2.20. The molecule has 0 atom stereocenters. The van der Waals surface area contributed by atoms with E-state index in [9.17, 15) is 8.78 Å². The van der Waals surface area contributed by atoms with Crippen LogP contribution in [0.5, 0.6) is 0 Å². The van der Waals surface area contributed by atoms with Crippen molar-refractivity contribution in [3.8, 4) is 0 Å². The van der Waals surface area contributed by atoms with Crippen molar-refractivity contribution in [2.75, 3.05) is 0 Å². The highest BCUT2D eigenvalue weighted by molar-refractivity contribution is 9.11. The fourth-order valence-corrected chi connectivity index (χ4v) is 4.28. The lowest BCUT2D eigenvalue weighted by Crippen LogP contribution is -1.89. The number of aromatic nitrogens is 1. The molecule has 0 spiro atoms. The van der Waals surface area contributed by atoms with Crippen LogP contribution in [0.4, 0.5) is 8.78 Å². The van der Waals surface area contributed by atoms with Crippen LogP contribution in [0.3, 0.4) is 0 Å². The van der Waals surface area contributed by atoms with Gasteiger partial charge in [0.25, 0.3) is 0 Å². The lowest BCUT2D eigenvalue weighted by molar-refractivity contribution is 0.502. The molecule has 1 nitrogen and oxygen atoms in total. The van der Waals surface area contributed by atoms with Gasteiger partial charge in [-0.15, -0.1) is 11.3 Å². The number of unbranched alkanes of at least 4 members (excludes halogenated alkanes) is 4. The molecule has 0 aliphatic rings. The van der Waals surface area contributed by atoms with Gasteiger partial charge in [-0.3, -0.25) is 0 Å². The molecule has 2 aromatic rings. The smallest absolute Gasteiger partial charge is 0.176 e. The Bertz CT molecular complexity index is 568. The van der Waals surface area contributed by atoms with Crippen LogP contribution in [0.25, 0.3) is 10.2 Å². The molecule has 1 heterocycles. The third-order valence-corrected chi connectivity index (χ3v) is 6.01. The number of thiazole rings is 1. The Morgan fingerprint density at radius 2 is 1.65 bits per heavy atom. The van der Waals surface area contributed by atoms with E-state index in [1.54, 1.807) is 0 Å². The average Bonchev–Trinajstić information content (AvgIpc) is 2.87. The Labute approximate surface area is 138 Å². The summed E-state index contributed by atoms with van der Waals surface area (Å²) in [6.07, 6.45) is 6.82. The first-order chi connectivity index (χ1) is 9.56. The van der Waals surface area contributed by atoms with E-state index in [-0.39, 0.29) is 8.95 Å². The van der Waals surface area contributed by atoms with E-state index < -0.39 is 11.6 Å². The van der Waals surface area contributed by atoms with E-state index in [0.717, 1.165) is 17.8 Å². The number of rotatable bonds is 6. The molecule has 110 valence electrons. The Balaban J connectivity index is 2.17. The number of hydrogen-bond donors (Lipinski definition) is 0. The van der Waals surface area contributed by atoms with Gasteiger partial charge >= 0.3 is 0 Å². The largest absolute Gasteiger partial charge is 0.240 e. The fraction of sp³-hybridized carbons (Fsp3) is 0.500. The number of nitrogens with zero attached hydrogens (tertiary/aromatic N) is 1. The van der Waals surface area contributed by atoms with Crippen molar-refractivity contribution >= 4 is 53.4 Å². The number of benzene rings is 1. The molecule has 2 rings (SSSR count). The highest BCUT2D eigenvalue weighted by atomic mass is 79.9. The third kappa shape index (κ3) is 3.39. The molecule has 1 aromatic heterocycles. The van der Waals surface area contributed by atoms with Crippen LogP contribution in [-0.2, 0) is 6.42 Å². The maximum absolute atomic E-state index is 13.6. The first kappa shape index (κ1) is 16.3. The van der Waals surface area contributed by atoms with Gasteiger partial charge in [0.1, 0.15) is 5.52 Å². The normalized spacial score (nSPS) is 11.4. The van der Waals surface area contributed by atoms with Gasteiger partial charge in [-0.1, -0.05) is 32.6 Å². The molecule has 0 radical (unpaired) electrons. The van der Waals surface area contributed by atoms with Crippen LogP contribution in [0.15, 0.2) is 8.95 Å². The predicted octanol–water partition coefficient (Wildman–Crippen LogP) is 6.61. The van der Waals surface area contributed by atoms with Gasteiger partial charge in [-0.05, 0) is 44.7 Å². The molecule has 1 aromatic carbocycles. The van der Waals surface area contributed by atoms with Crippen molar-refractivity contribution in [3.63, 3.8) is 0 Å². The van der Waals surface area contributed by atoms with E-state index in [1.807, 2.05) is 0 Å². The highest BCUT2D eigenvalue weighted by Crippen LogP contribution is 2.38. The molecule has 0 aliphatic heterocycles. The first-order valence-electron chi connectivity index (χ1n) is 6.67. The second-order valence-electron chi connectivity index (χ2n) is 4.71. The van der Waals surface area contributed by atoms with Crippen molar-refractivity contribution in [1.29, 1.82) is 0 Å². The molecule has 0 bridgehead atoms. The van der Waals surface area contributed by atoms with E-state index in [0.29, 0.717) is 10.2 Å². The van der Waals surface area contributed by atoms with Gasteiger partial charge in [0.15, 0.2) is 11.6 Å². The topological polar surface area (TPSA) is 12.9 Å². The summed E-state index contributed by atoms with van der Waals surface area (Å²) >= 11 is 7.64. The molecule has 6 heteroatoms. The summed E-state index contributed by atoms with van der Waals surface area (Å²) in [6.45, 7) is 2.19. The summed E-state index contributed by atoms with van der Waals surface area (Å²) in [5.41, 5.74) is 0.504. The van der Waals surface area contributed by atoms with E-state index in [2.05, 4.69) is 43.8 Å². The molecule has 20 heavy (non-hydrogen) atoms. The number of halogens is 4. The van der Waals surface area contributed by atoms with Crippen molar-refractivity contribution in [1.82, 2.24) is 4.98 Å². The quantitative estimate of drug-likeness (QED) is 0.287. The maximum atomic E-state index is 13.6. The van der Waals surface area contributed by atoms with Crippen LogP contribution in [0, 0.1) is 11.6 Å². The predicted molar refractivity (Wildman–Crippen MR) is 87.4 cm³/mol. The fourth-order valence-electron chi connectivity index (χ4n) is 2.05. The molecular formula is C14H15Br2F2NS. The van der Waals surface area contributed by atoms with Crippen molar-refractivity contribution in [2.45, 2.75) is 45.4 Å². The van der Waals surface area contributed by atoms with E-state index >= 15 is 0 Å². The van der Waals surface area contributed by atoms with Crippen LogP contribution in [0.1, 0.15) is 44.0 Å². The monoisotopic (exact) mass is 425 g/mol. The summed E-state index contributed by atoms with van der Waals surface area (Å²) in [5, 5.41) is 0.933. The Morgan fingerprint density at radius 3 is 2.35 bits per heavy atom. The Kier molecular flexibility index (Phi) is 5.93. The van der Waals surface area contributed by atoms with Crippen LogP contribution >= 0.6 is 43.2 Å². The zero-order valence-corrected chi connectivity index (χ0v) is 15.1. The van der Waals surface area contributed by atoms with Gasteiger partial charge < -0.3 is 0 Å². The minimum atomic E-state index is -0.885. The summed E-state index contributed by atoms with van der Waals surface area (Å²) in [6, 6.07) is 0. The summed E-state index contributed by atoms with van der Waals surface area (Å²) in [4.78, 5) is 4.43. The van der Waals surface area contributed by atoms with Gasteiger partial charge in [0.2, 0.25) is 0 Å². The van der Waals surface area contributed by atoms with Gasteiger partial charge in [-0.25, -0.2) is 13.8 Å². The summed E-state index contributed by atoms with van der Waals surface area (Å²) < 4.78 is 28.2. The van der Waals surface area contributed by atoms with Crippen LogP contribution in [0.2, 0.25) is 0 Å². The van der Waals surface area contributed by atoms with Crippen molar-refractivity contribution in [2.24, 2.45) is 0 Å². The number of aryl methyl sites for hydroxylation is 1. The summed E-state index contributed by atoms with van der Waals surface area (Å²) in [5.74, 6) is -1.74. The lowest BCUT2D eigenvalue weighted by atomic mass is 10.1. The maximum Gasteiger partial charge on any atom is 0.176 e. The van der Waals surface area contributed by atoms with Gasteiger partial charge in [-0.2, -0.15) is 0 Å². The minimum Gasteiger partial charge on any atom is -0.240 e. The van der Waals surface area contributed by atoms with Crippen molar-refractivity contribution in [3.05, 3.63) is 25.6 Å². The molecule has 0 saturated carbocycles.